The predicted molar refractivity (Wildman–Crippen MR) is 63.5 cm³/mol. The van der Waals surface area contributed by atoms with E-state index in [1.54, 1.807) is 0 Å². The van der Waals surface area contributed by atoms with E-state index in [1.165, 1.54) is 0 Å². The summed E-state index contributed by atoms with van der Waals surface area (Å²) in [5, 5.41) is 8.95. The molecular formula is C12H11F3N2O2S. The van der Waals surface area contributed by atoms with Gasteiger partial charge in [0.1, 0.15) is 23.5 Å². The molecule has 1 aromatic carbocycles. The van der Waals surface area contributed by atoms with Crippen molar-refractivity contribution in [3.05, 3.63) is 29.6 Å². The fourth-order valence-electron chi connectivity index (χ4n) is 2.21. The van der Waals surface area contributed by atoms with Crippen molar-refractivity contribution in [3.63, 3.8) is 0 Å². The molecule has 0 saturated carbocycles. The number of rotatable bonds is 2. The topological polar surface area (TPSA) is 61.2 Å². The number of nitrogens with zero attached hydrogens (tertiary/aromatic N) is 2. The molecule has 1 saturated heterocycles. The van der Waals surface area contributed by atoms with Crippen molar-refractivity contribution in [2.75, 3.05) is 6.54 Å². The fourth-order valence-corrected chi connectivity index (χ4v) is 3.92. The zero-order valence-corrected chi connectivity index (χ0v) is 11.1. The smallest absolute Gasteiger partial charge is 0.207 e. The van der Waals surface area contributed by atoms with Gasteiger partial charge in [0, 0.05) is 18.7 Å². The van der Waals surface area contributed by atoms with Gasteiger partial charge in [0.2, 0.25) is 10.0 Å². The van der Waals surface area contributed by atoms with Gasteiger partial charge in [-0.1, -0.05) is 0 Å². The van der Waals surface area contributed by atoms with E-state index in [2.05, 4.69) is 0 Å². The Balaban J connectivity index is 2.53. The monoisotopic (exact) mass is 304 g/mol. The minimum Gasteiger partial charge on any atom is -0.207 e. The molecule has 2 rings (SSSR count). The van der Waals surface area contributed by atoms with Gasteiger partial charge in [-0.3, -0.25) is 0 Å². The second kappa shape index (κ2) is 5.42. The summed E-state index contributed by atoms with van der Waals surface area (Å²) >= 11 is 0. The van der Waals surface area contributed by atoms with Crippen LogP contribution >= 0.6 is 0 Å². The molecule has 1 aromatic rings. The average Bonchev–Trinajstić information content (AvgIpc) is 2.37. The SMILES string of the molecule is N#CC1CCCCN1S(=O)(=O)c1c(F)cc(F)cc1F. The Morgan fingerprint density at radius 3 is 2.35 bits per heavy atom. The second-order valence-corrected chi connectivity index (χ2v) is 6.28. The lowest BCUT2D eigenvalue weighted by Gasteiger charge is -2.30. The van der Waals surface area contributed by atoms with Crippen LogP contribution in [-0.4, -0.2) is 25.3 Å². The van der Waals surface area contributed by atoms with Crippen molar-refractivity contribution >= 4 is 10.0 Å². The quantitative estimate of drug-likeness (QED) is 0.841. The molecule has 1 aliphatic rings. The Morgan fingerprint density at radius 1 is 1.20 bits per heavy atom. The fraction of sp³-hybridized carbons (Fsp3) is 0.417. The maximum absolute atomic E-state index is 13.6. The van der Waals surface area contributed by atoms with Gasteiger partial charge < -0.3 is 0 Å². The zero-order chi connectivity index (χ0) is 14.9. The Bertz CT molecular complexity index is 647. The number of halogens is 3. The minimum absolute atomic E-state index is 0.0107. The summed E-state index contributed by atoms with van der Waals surface area (Å²) in [6.45, 7) is 0.0107. The normalized spacial score (nSPS) is 20.6. The van der Waals surface area contributed by atoms with Crippen LogP contribution in [0.15, 0.2) is 17.0 Å². The molecule has 0 radical (unpaired) electrons. The van der Waals surface area contributed by atoms with Gasteiger partial charge in [-0.25, -0.2) is 21.6 Å². The summed E-state index contributed by atoms with van der Waals surface area (Å²) in [7, 11) is -4.51. The molecular weight excluding hydrogens is 293 g/mol. The third kappa shape index (κ3) is 2.51. The summed E-state index contributed by atoms with van der Waals surface area (Å²) in [5.41, 5.74) is 0. The van der Waals surface area contributed by atoms with Gasteiger partial charge in [0.05, 0.1) is 6.07 Å². The zero-order valence-electron chi connectivity index (χ0n) is 10.3. The van der Waals surface area contributed by atoms with Crippen molar-refractivity contribution < 1.29 is 21.6 Å². The maximum atomic E-state index is 13.6. The molecule has 0 bridgehead atoms. The molecule has 1 aliphatic heterocycles. The molecule has 0 aromatic heterocycles. The van der Waals surface area contributed by atoms with Gasteiger partial charge >= 0.3 is 0 Å². The van der Waals surface area contributed by atoms with Crippen molar-refractivity contribution in [1.29, 1.82) is 5.26 Å². The molecule has 1 unspecified atom stereocenters. The highest BCUT2D eigenvalue weighted by Gasteiger charge is 2.37. The van der Waals surface area contributed by atoms with Crippen LogP contribution in [0.3, 0.4) is 0 Å². The van der Waals surface area contributed by atoms with Crippen LogP contribution in [0.5, 0.6) is 0 Å². The van der Waals surface area contributed by atoms with E-state index < -0.39 is 38.4 Å². The third-order valence-electron chi connectivity index (χ3n) is 3.13. The number of piperidine rings is 1. The first-order valence-corrected chi connectivity index (χ1v) is 7.38. The summed E-state index contributed by atoms with van der Waals surface area (Å²) in [6.07, 6.45) is 1.47. The highest BCUT2D eigenvalue weighted by Crippen LogP contribution is 2.28. The molecule has 0 aliphatic carbocycles. The van der Waals surface area contributed by atoms with E-state index in [1.807, 2.05) is 6.07 Å². The number of hydrogen-bond acceptors (Lipinski definition) is 3. The summed E-state index contributed by atoms with van der Waals surface area (Å²) in [4.78, 5) is -1.21. The first kappa shape index (κ1) is 14.8. The van der Waals surface area contributed by atoms with Crippen LogP contribution < -0.4 is 0 Å². The molecule has 4 nitrogen and oxygen atoms in total. The van der Waals surface area contributed by atoms with Gasteiger partial charge in [-0.15, -0.1) is 0 Å². The second-order valence-electron chi connectivity index (χ2n) is 4.45. The molecule has 0 N–H and O–H groups in total. The van der Waals surface area contributed by atoms with Gasteiger partial charge in [0.15, 0.2) is 4.90 Å². The van der Waals surface area contributed by atoms with Crippen LogP contribution in [-0.2, 0) is 10.0 Å². The van der Waals surface area contributed by atoms with Crippen molar-refractivity contribution in [2.45, 2.75) is 30.2 Å². The van der Waals surface area contributed by atoms with Crippen molar-refractivity contribution in [3.8, 4) is 6.07 Å². The molecule has 1 atom stereocenters. The lowest BCUT2D eigenvalue weighted by Crippen LogP contribution is -2.43. The molecule has 1 fully saturated rings. The molecule has 108 valence electrons. The van der Waals surface area contributed by atoms with Gasteiger partial charge in [0.25, 0.3) is 0 Å². The maximum Gasteiger partial charge on any atom is 0.250 e. The third-order valence-corrected chi connectivity index (χ3v) is 5.09. The van der Waals surface area contributed by atoms with Crippen LogP contribution in [0.2, 0.25) is 0 Å². The van der Waals surface area contributed by atoms with Crippen LogP contribution in [0.1, 0.15) is 19.3 Å². The number of sulfonamides is 1. The van der Waals surface area contributed by atoms with Crippen LogP contribution in [0.4, 0.5) is 13.2 Å². The van der Waals surface area contributed by atoms with Crippen LogP contribution in [0, 0.1) is 28.8 Å². The van der Waals surface area contributed by atoms with Crippen LogP contribution in [0.25, 0.3) is 0 Å². The highest BCUT2D eigenvalue weighted by atomic mass is 32.2. The number of benzene rings is 1. The molecule has 20 heavy (non-hydrogen) atoms. The molecule has 1 heterocycles. The van der Waals surface area contributed by atoms with E-state index in [4.69, 9.17) is 5.26 Å². The van der Waals surface area contributed by atoms with Gasteiger partial charge in [-0.2, -0.15) is 9.57 Å². The largest absolute Gasteiger partial charge is 0.250 e. The first-order chi connectivity index (χ1) is 9.37. The summed E-state index contributed by atoms with van der Waals surface area (Å²) in [6, 6.07) is 1.46. The van der Waals surface area contributed by atoms with Gasteiger partial charge in [-0.05, 0) is 19.3 Å². The van der Waals surface area contributed by atoms with Crippen molar-refractivity contribution in [1.82, 2.24) is 4.31 Å². The molecule has 0 amide bonds. The number of nitriles is 1. The minimum atomic E-state index is -4.51. The highest BCUT2D eigenvalue weighted by molar-refractivity contribution is 7.89. The lowest BCUT2D eigenvalue weighted by atomic mass is 10.1. The van der Waals surface area contributed by atoms with Crippen molar-refractivity contribution in [2.24, 2.45) is 0 Å². The summed E-state index contributed by atoms with van der Waals surface area (Å²) < 4.78 is 65.4. The Morgan fingerprint density at radius 2 is 1.80 bits per heavy atom. The van der Waals surface area contributed by atoms with E-state index >= 15 is 0 Å². The first-order valence-electron chi connectivity index (χ1n) is 5.94. The number of hydrogen-bond donors (Lipinski definition) is 0. The van der Waals surface area contributed by atoms with E-state index in [-0.39, 0.29) is 6.54 Å². The predicted octanol–water partition coefficient (Wildman–Crippen LogP) is 2.17. The Hall–Kier alpha value is -1.59. The Labute approximate surface area is 114 Å². The Kier molecular flexibility index (Phi) is 4.01. The average molecular weight is 304 g/mol. The molecule has 8 heteroatoms. The van der Waals surface area contributed by atoms with E-state index in [0.717, 1.165) is 4.31 Å². The van der Waals surface area contributed by atoms with E-state index in [9.17, 15) is 21.6 Å². The standard InChI is InChI=1S/C12H11F3N2O2S/c13-8-5-10(14)12(11(15)6-8)20(18,19)17-4-2-1-3-9(17)7-16/h5-6,9H,1-4H2. The molecule has 0 spiro atoms. The summed E-state index contributed by atoms with van der Waals surface area (Å²) in [5.74, 6) is -4.19. The lowest BCUT2D eigenvalue weighted by molar-refractivity contribution is 0.294. The van der Waals surface area contributed by atoms with E-state index in [0.29, 0.717) is 31.4 Å².